The molecular formula is C16H18BrNO. The van der Waals surface area contributed by atoms with E-state index in [1.165, 1.54) is 18.4 Å². The molecule has 0 radical (unpaired) electrons. The highest BCUT2D eigenvalue weighted by Crippen LogP contribution is 2.26. The van der Waals surface area contributed by atoms with Crippen LogP contribution in [0.15, 0.2) is 51.6 Å². The van der Waals surface area contributed by atoms with Crippen molar-refractivity contribution in [2.24, 2.45) is 0 Å². The topological polar surface area (TPSA) is 25.2 Å². The van der Waals surface area contributed by atoms with Gasteiger partial charge in [0.25, 0.3) is 0 Å². The molecule has 100 valence electrons. The molecule has 2 aromatic rings. The van der Waals surface area contributed by atoms with Gasteiger partial charge >= 0.3 is 0 Å². The van der Waals surface area contributed by atoms with Gasteiger partial charge < -0.3 is 9.73 Å². The van der Waals surface area contributed by atoms with E-state index in [0.717, 1.165) is 29.2 Å². The molecule has 1 heterocycles. The molecule has 1 aromatic carbocycles. The summed E-state index contributed by atoms with van der Waals surface area (Å²) in [7, 11) is 0. The van der Waals surface area contributed by atoms with Gasteiger partial charge in [0.1, 0.15) is 5.76 Å². The number of hydrogen-bond donors (Lipinski definition) is 1. The van der Waals surface area contributed by atoms with E-state index in [1.807, 2.05) is 6.07 Å². The van der Waals surface area contributed by atoms with E-state index in [0.29, 0.717) is 5.92 Å². The zero-order chi connectivity index (χ0) is 13.1. The van der Waals surface area contributed by atoms with Crippen molar-refractivity contribution in [1.29, 1.82) is 0 Å². The van der Waals surface area contributed by atoms with Crippen LogP contribution in [0.5, 0.6) is 0 Å². The Kier molecular flexibility index (Phi) is 4.04. The SMILES string of the molecule is Brc1cccc(C(CNC2CC2)Cc2ccco2)c1. The average Bonchev–Trinajstić information content (AvgIpc) is 3.10. The molecule has 0 saturated heterocycles. The lowest BCUT2D eigenvalue weighted by molar-refractivity contribution is 0.472. The lowest BCUT2D eigenvalue weighted by atomic mass is 9.94. The Morgan fingerprint density at radius 3 is 2.84 bits per heavy atom. The van der Waals surface area contributed by atoms with Gasteiger partial charge in [0.2, 0.25) is 0 Å². The maximum atomic E-state index is 5.50. The fourth-order valence-corrected chi connectivity index (χ4v) is 2.75. The maximum absolute atomic E-state index is 5.50. The summed E-state index contributed by atoms with van der Waals surface area (Å²) in [4.78, 5) is 0. The molecule has 2 nitrogen and oxygen atoms in total. The van der Waals surface area contributed by atoms with Gasteiger partial charge in [-0.05, 0) is 42.7 Å². The number of nitrogens with one attached hydrogen (secondary N) is 1. The smallest absolute Gasteiger partial charge is 0.104 e. The van der Waals surface area contributed by atoms with Crippen molar-refractivity contribution >= 4 is 15.9 Å². The average molecular weight is 320 g/mol. The van der Waals surface area contributed by atoms with Crippen LogP contribution in [0, 0.1) is 0 Å². The molecule has 0 aliphatic heterocycles. The van der Waals surface area contributed by atoms with Crippen molar-refractivity contribution < 1.29 is 4.42 Å². The van der Waals surface area contributed by atoms with Gasteiger partial charge in [-0.15, -0.1) is 0 Å². The van der Waals surface area contributed by atoms with Crippen molar-refractivity contribution in [3.05, 3.63) is 58.5 Å². The summed E-state index contributed by atoms with van der Waals surface area (Å²) in [5.41, 5.74) is 1.36. The Labute approximate surface area is 122 Å². The molecule has 1 saturated carbocycles. The molecule has 0 spiro atoms. The second-order valence-electron chi connectivity index (χ2n) is 5.22. The molecule has 1 aliphatic carbocycles. The molecular weight excluding hydrogens is 302 g/mol. The van der Waals surface area contributed by atoms with Crippen LogP contribution in [0.1, 0.15) is 30.1 Å². The van der Waals surface area contributed by atoms with Gasteiger partial charge in [-0.1, -0.05) is 28.1 Å². The molecule has 1 N–H and O–H groups in total. The van der Waals surface area contributed by atoms with Crippen LogP contribution in [0.2, 0.25) is 0 Å². The standard InChI is InChI=1S/C16H18BrNO/c17-14-4-1-3-12(9-14)13(11-18-15-6-7-15)10-16-5-2-8-19-16/h1-5,8-9,13,15,18H,6-7,10-11H2. The molecule has 1 fully saturated rings. The molecule has 1 unspecified atom stereocenters. The van der Waals surface area contributed by atoms with Crippen LogP contribution in [-0.4, -0.2) is 12.6 Å². The van der Waals surface area contributed by atoms with E-state index in [-0.39, 0.29) is 0 Å². The lowest BCUT2D eigenvalue weighted by Crippen LogP contribution is -2.24. The Bertz CT molecular complexity index is 519. The van der Waals surface area contributed by atoms with Crippen LogP contribution in [0.3, 0.4) is 0 Å². The fourth-order valence-electron chi connectivity index (χ4n) is 2.34. The first-order chi connectivity index (χ1) is 9.31. The zero-order valence-electron chi connectivity index (χ0n) is 10.8. The van der Waals surface area contributed by atoms with E-state index >= 15 is 0 Å². The Balaban J connectivity index is 1.73. The minimum absolute atomic E-state index is 0.462. The molecule has 1 aromatic heterocycles. The van der Waals surface area contributed by atoms with Crippen LogP contribution >= 0.6 is 15.9 Å². The normalized spacial score (nSPS) is 16.5. The predicted octanol–water partition coefficient (Wildman–Crippen LogP) is 4.12. The van der Waals surface area contributed by atoms with Crippen molar-refractivity contribution in [2.45, 2.75) is 31.2 Å². The van der Waals surface area contributed by atoms with Gasteiger partial charge in [0.15, 0.2) is 0 Å². The van der Waals surface area contributed by atoms with Crippen LogP contribution in [-0.2, 0) is 6.42 Å². The van der Waals surface area contributed by atoms with E-state index < -0.39 is 0 Å². The third kappa shape index (κ3) is 3.71. The van der Waals surface area contributed by atoms with E-state index in [9.17, 15) is 0 Å². The summed E-state index contributed by atoms with van der Waals surface area (Å²) in [6.07, 6.45) is 5.35. The molecule has 0 bridgehead atoms. The highest BCUT2D eigenvalue weighted by molar-refractivity contribution is 9.10. The largest absolute Gasteiger partial charge is 0.469 e. The molecule has 1 aliphatic rings. The van der Waals surface area contributed by atoms with E-state index in [2.05, 4.69) is 51.6 Å². The monoisotopic (exact) mass is 319 g/mol. The van der Waals surface area contributed by atoms with Gasteiger partial charge in [-0.3, -0.25) is 0 Å². The van der Waals surface area contributed by atoms with Crippen LogP contribution in [0.25, 0.3) is 0 Å². The first-order valence-corrected chi connectivity index (χ1v) is 7.62. The first-order valence-electron chi connectivity index (χ1n) is 6.82. The molecule has 1 atom stereocenters. The fraction of sp³-hybridized carbons (Fsp3) is 0.375. The van der Waals surface area contributed by atoms with Crippen molar-refractivity contribution in [3.63, 3.8) is 0 Å². The summed E-state index contributed by atoms with van der Waals surface area (Å²) < 4.78 is 6.64. The van der Waals surface area contributed by atoms with Gasteiger partial charge in [-0.25, -0.2) is 0 Å². The van der Waals surface area contributed by atoms with Crippen molar-refractivity contribution in [3.8, 4) is 0 Å². The highest BCUT2D eigenvalue weighted by Gasteiger charge is 2.23. The number of benzene rings is 1. The summed E-state index contributed by atoms with van der Waals surface area (Å²) in [5.74, 6) is 1.52. The Morgan fingerprint density at radius 1 is 1.26 bits per heavy atom. The number of rotatable bonds is 6. The summed E-state index contributed by atoms with van der Waals surface area (Å²) in [6, 6.07) is 13.3. The van der Waals surface area contributed by atoms with Crippen molar-refractivity contribution in [1.82, 2.24) is 5.32 Å². The third-order valence-electron chi connectivity index (χ3n) is 3.58. The van der Waals surface area contributed by atoms with Crippen molar-refractivity contribution in [2.75, 3.05) is 6.54 Å². The number of furan rings is 1. The maximum Gasteiger partial charge on any atom is 0.104 e. The third-order valence-corrected chi connectivity index (χ3v) is 4.07. The van der Waals surface area contributed by atoms with Gasteiger partial charge in [0.05, 0.1) is 6.26 Å². The van der Waals surface area contributed by atoms with Crippen LogP contribution in [0.4, 0.5) is 0 Å². The number of halogens is 1. The Morgan fingerprint density at radius 2 is 2.16 bits per heavy atom. The van der Waals surface area contributed by atoms with Crippen LogP contribution < -0.4 is 5.32 Å². The Hall–Kier alpha value is -1.06. The van der Waals surface area contributed by atoms with Gasteiger partial charge in [0, 0.05) is 29.4 Å². The number of hydrogen-bond acceptors (Lipinski definition) is 2. The molecule has 19 heavy (non-hydrogen) atoms. The highest BCUT2D eigenvalue weighted by atomic mass is 79.9. The predicted molar refractivity (Wildman–Crippen MR) is 80.3 cm³/mol. The minimum atomic E-state index is 0.462. The lowest BCUT2D eigenvalue weighted by Gasteiger charge is -2.17. The van der Waals surface area contributed by atoms with E-state index in [1.54, 1.807) is 6.26 Å². The summed E-state index contributed by atoms with van der Waals surface area (Å²) in [5, 5.41) is 3.63. The molecule has 3 heteroatoms. The summed E-state index contributed by atoms with van der Waals surface area (Å²) >= 11 is 3.56. The zero-order valence-corrected chi connectivity index (χ0v) is 12.4. The molecule has 3 rings (SSSR count). The van der Waals surface area contributed by atoms with E-state index in [4.69, 9.17) is 4.42 Å². The molecule has 0 amide bonds. The summed E-state index contributed by atoms with van der Waals surface area (Å²) in [6.45, 7) is 1.02. The quantitative estimate of drug-likeness (QED) is 0.866. The van der Waals surface area contributed by atoms with Gasteiger partial charge in [-0.2, -0.15) is 0 Å². The minimum Gasteiger partial charge on any atom is -0.469 e. The first kappa shape index (κ1) is 12.9. The second-order valence-corrected chi connectivity index (χ2v) is 6.13. The second kappa shape index (κ2) is 5.93.